The maximum Gasteiger partial charge on any atom is 0.323 e. The van der Waals surface area contributed by atoms with Crippen molar-refractivity contribution in [2.75, 3.05) is 7.11 Å². The minimum atomic E-state index is -1.09. The number of aryl methyl sites for hydroxylation is 1. The Morgan fingerprint density at radius 1 is 1.27 bits per heavy atom. The molecule has 1 fully saturated rings. The fraction of sp³-hybridized carbons (Fsp3) is 0.455. The van der Waals surface area contributed by atoms with Crippen LogP contribution in [0.5, 0.6) is 0 Å². The van der Waals surface area contributed by atoms with E-state index in [1.165, 1.54) is 23.6 Å². The van der Waals surface area contributed by atoms with Gasteiger partial charge >= 0.3 is 5.97 Å². The second-order valence-corrected chi connectivity index (χ2v) is 8.00. The van der Waals surface area contributed by atoms with E-state index in [0.717, 1.165) is 19.3 Å². The Bertz CT molecular complexity index is 915. The minimum Gasteiger partial charge on any atom is -0.468 e. The van der Waals surface area contributed by atoms with Crippen molar-refractivity contribution in [3.8, 4) is 0 Å². The van der Waals surface area contributed by atoms with Crippen LogP contribution in [0.15, 0.2) is 42.6 Å². The number of nitrogens with zero attached hydrogens (tertiary/aromatic N) is 1. The molecule has 1 saturated carbocycles. The number of aromatic nitrogens is 1. The van der Waals surface area contributed by atoms with Gasteiger partial charge in [0.25, 0.3) is 0 Å². The maximum atomic E-state index is 12.8. The van der Waals surface area contributed by atoms with Crippen molar-refractivity contribution in [2.45, 2.75) is 38.0 Å². The maximum absolute atomic E-state index is 12.8. The van der Waals surface area contributed by atoms with Crippen LogP contribution in [0.2, 0.25) is 0 Å². The Kier molecular flexibility index (Phi) is 3.83. The summed E-state index contributed by atoms with van der Waals surface area (Å²) < 4.78 is 7.20. The van der Waals surface area contributed by atoms with Gasteiger partial charge in [0.15, 0.2) is 5.78 Å². The quantitative estimate of drug-likeness (QED) is 0.468. The third-order valence-corrected chi connectivity index (χ3v) is 6.48. The summed E-state index contributed by atoms with van der Waals surface area (Å²) in [4.78, 5) is 25.4. The molecular weight excluding hydrogens is 326 g/mol. The van der Waals surface area contributed by atoms with Gasteiger partial charge in [0, 0.05) is 36.0 Å². The monoisotopic (exact) mass is 351 g/mol. The molecule has 3 atom stereocenters. The SMILES string of the molecule is COC(=O)[C@]12C=C[C@](C)(c3cn(C)c4ccccc34)C[C@H]1CCCC2=O. The van der Waals surface area contributed by atoms with Crippen LogP contribution in [0, 0.1) is 11.3 Å². The molecule has 136 valence electrons. The van der Waals surface area contributed by atoms with Crippen molar-refractivity contribution < 1.29 is 14.3 Å². The summed E-state index contributed by atoms with van der Waals surface area (Å²) in [5.74, 6) is -0.398. The standard InChI is InChI=1S/C22H25NO3/c1-21(17-14-23(2)18-9-5-4-8-16(17)18)11-12-22(20(25)26-3)15(13-21)7-6-10-19(22)24/h4-5,8-9,11-12,14-15H,6-7,10,13H2,1-3H3/t15-,21+,22-/m1/s1. The first-order valence-electron chi connectivity index (χ1n) is 9.29. The predicted molar refractivity (Wildman–Crippen MR) is 101 cm³/mol. The van der Waals surface area contributed by atoms with E-state index in [0.29, 0.717) is 6.42 Å². The zero-order valence-corrected chi connectivity index (χ0v) is 15.6. The van der Waals surface area contributed by atoms with Crippen LogP contribution in [0.3, 0.4) is 0 Å². The van der Waals surface area contributed by atoms with E-state index in [1.807, 2.05) is 12.1 Å². The average molecular weight is 351 g/mol. The number of Topliss-reactive ketones (excluding diaryl/α,β-unsaturated/α-hetero) is 1. The van der Waals surface area contributed by atoms with E-state index in [-0.39, 0.29) is 17.1 Å². The van der Waals surface area contributed by atoms with Crippen LogP contribution in [-0.4, -0.2) is 23.4 Å². The second-order valence-electron chi connectivity index (χ2n) is 8.00. The summed E-state index contributed by atoms with van der Waals surface area (Å²) in [5.41, 5.74) is 1.16. The van der Waals surface area contributed by atoms with Crippen molar-refractivity contribution in [3.63, 3.8) is 0 Å². The molecule has 4 nitrogen and oxygen atoms in total. The summed E-state index contributed by atoms with van der Waals surface area (Å²) in [7, 11) is 3.44. The molecule has 2 aromatic rings. The second kappa shape index (κ2) is 5.83. The van der Waals surface area contributed by atoms with Gasteiger partial charge in [0.05, 0.1) is 7.11 Å². The van der Waals surface area contributed by atoms with Gasteiger partial charge in [-0.1, -0.05) is 37.3 Å². The lowest BCUT2D eigenvalue weighted by Gasteiger charge is -2.46. The first kappa shape index (κ1) is 17.1. The van der Waals surface area contributed by atoms with E-state index in [9.17, 15) is 9.59 Å². The number of methoxy groups -OCH3 is 1. The van der Waals surface area contributed by atoms with Crippen molar-refractivity contribution in [2.24, 2.45) is 18.4 Å². The average Bonchev–Trinajstić information content (AvgIpc) is 2.99. The Labute approximate surface area is 153 Å². The highest BCUT2D eigenvalue weighted by atomic mass is 16.5. The summed E-state index contributed by atoms with van der Waals surface area (Å²) in [5, 5.41) is 1.23. The molecule has 4 heteroatoms. The van der Waals surface area contributed by atoms with Gasteiger partial charge in [-0.25, -0.2) is 0 Å². The van der Waals surface area contributed by atoms with Crippen LogP contribution in [-0.2, 0) is 26.8 Å². The van der Waals surface area contributed by atoms with Gasteiger partial charge in [-0.05, 0) is 36.8 Å². The van der Waals surface area contributed by atoms with E-state index >= 15 is 0 Å². The minimum absolute atomic E-state index is 0.00910. The molecule has 2 aliphatic rings. The van der Waals surface area contributed by atoms with Gasteiger partial charge in [0.2, 0.25) is 0 Å². The molecule has 0 bridgehead atoms. The van der Waals surface area contributed by atoms with Crippen molar-refractivity contribution in [3.05, 3.63) is 48.2 Å². The largest absolute Gasteiger partial charge is 0.468 e. The summed E-state index contributed by atoms with van der Waals surface area (Å²) >= 11 is 0. The van der Waals surface area contributed by atoms with Crippen molar-refractivity contribution >= 4 is 22.7 Å². The number of ether oxygens (including phenoxy) is 1. The summed E-state index contributed by atoms with van der Waals surface area (Å²) in [6, 6.07) is 8.38. The molecule has 4 rings (SSSR count). The van der Waals surface area contributed by atoms with Gasteiger partial charge in [-0.3, -0.25) is 9.59 Å². The molecule has 0 spiro atoms. The van der Waals surface area contributed by atoms with Crippen molar-refractivity contribution in [1.82, 2.24) is 4.57 Å². The lowest BCUT2D eigenvalue weighted by Crippen LogP contribution is -2.51. The van der Waals surface area contributed by atoms with Crippen LogP contribution in [0.4, 0.5) is 0 Å². The number of rotatable bonds is 2. The smallest absolute Gasteiger partial charge is 0.323 e. The highest BCUT2D eigenvalue weighted by Crippen LogP contribution is 2.52. The van der Waals surface area contributed by atoms with E-state index in [4.69, 9.17) is 4.74 Å². The van der Waals surface area contributed by atoms with Gasteiger partial charge < -0.3 is 9.30 Å². The highest BCUT2D eigenvalue weighted by Gasteiger charge is 2.56. The molecule has 0 N–H and O–H groups in total. The summed E-state index contributed by atoms with van der Waals surface area (Å²) in [6.07, 6.45) is 9.08. The number of benzene rings is 1. The van der Waals surface area contributed by atoms with Crippen LogP contribution in [0.25, 0.3) is 10.9 Å². The fourth-order valence-corrected chi connectivity index (χ4v) is 5.07. The van der Waals surface area contributed by atoms with E-state index < -0.39 is 11.4 Å². The molecule has 0 saturated heterocycles. The third-order valence-electron chi connectivity index (χ3n) is 6.48. The highest BCUT2D eigenvalue weighted by molar-refractivity contribution is 6.07. The molecule has 1 aromatic heterocycles. The first-order chi connectivity index (χ1) is 12.4. The van der Waals surface area contributed by atoms with Crippen LogP contribution < -0.4 is 0 Å². The lowest BCUT2D eigenvalue weighted by atomic mass is 9.56. The number of hydrogen-bond acceptors (Lipinski definition) is 3. The van der Waals surface area contributed by atoms with Crippen LogP contribution >= 0.6 is 0 Å². The molecule has 1 heterocycles. The number of esters is 1. The molecule has 26 heavy (non-hydrogen) atoms. The zero-order chi connectivity index (χ0) is 18.5. The number of hydrogen-bond donors (Lipinski definition) is 0. The summed E-state index contributed by atoms with van der Waals surface area (Å²) in [6.45, 7) is 2.21. The molecule has 0 aliphatic heterocycles. The predicted octanol–water partition coefficient (Wildman–Crippen LogP) is 3.92. The zero-order valence-electron chi connectivity index (χ0n) is 15.6. The third kappa shape index (κ3) is 2.21. The van der Waals surface area contributed by atoms with E-state index in [2.05, 4.69) is 49.0 Å². The van der Waals surface area contributed by atoms with Crippen LogP contribution in [0.1, 0.15) is 38.2 Å². The lowest BCUT2D eigenvalue weighted by molar-refractivity contribution is -0.161. The number of carbonyl (C=O) groups is 2. The Balaban J connectivity index is 1.86. The molecule has 1 aromatic carbocycles. The Morgan fingerprint density at radius 2 is 2.04 bits per heavy atom. The molecule has 0 unspecified atom stereocenters. The molecule has 0 radical (unpaired) electrons. The Morgan fingerprint density at radius 3 is 2.81 bits per heavy atom. The first-order valence-corrected chi connectivity index (χ1v) is 9.29. The fourth-order valence-electron chi connectivity index (χ4n) is 5.07. The number of para-hydroxylation sites is 1. The number of fused-ring (bicyclic) bond motifs is 2. The Hall–Kier alpha value is -2.36. The number of ketones is 1. The topological polar surface area (TPSA) is 48.3 Å². The number of allylic oxidation sites excluding steroid dienone is 1. The van der Waals surface area contributed by atoms with Gasteiger partial charge in [-0.2, -0.15) is 0 Å². The molecule has 0 amide bonds. The number of carbonyl (C=O) groups excluding carboxylic acids is 2. The normalized spacial score (nSPS) is 31.0. The van der Waals surface area contributed by atoms with Gasteiger partial charge in [0.1, 0.15) is 5.41 Å². The van der Waals surface area contributed by atoms with Crippen molar-refractivity contribution in [1.29, 1.82) is 0 Å². The molecule has 2 aliphatic carbocycles. The van der Waals surface area contributed by atoms with Gasteiger partial charge in [-0.15, -0.1) is 0 Å². The molecular formula is C22H25NO3. The van der Waals surface area contributed by atoms with E-state index in [1.54, 1.807) is 0 Å².